The van der Waals surface area contributed by atoms with Crippen LogP contribution in [-0.2, 0) is 11.3 Å². The molecule has 0 bridgehead atoms. The van der Waals surface area contributed by atoms with Crippen LogP contribution in [0, 0.1) is 0 Å². The van der Waals surface area contributed by atoms with Crippen LogP contribution in [0.25, 0.3) is 0 Å². The Morgan fingerprint density at radius 3 is 2.52 bits per heavy atom. The lowest BCUT2D eigenvalue weighted by atomic mass is 9.98. The lowest BCUT2D eigenvalue weighted by molar-refractivity contribution is -0.133. The molecule has 7 nitrogen and oxygen atoms in total. The summed E-state index contributed by atoms with van der Waals surface area (Å²) in [6.45, 7) is -0.312. The number of halogens is 2. The van der Waals surface area contributed by atoms with Crippen molar-refractivity contribution >= 4 is 34.8 Å². The zero-order valence-corrected chi connectivity index (χ0v) is 18.0. The molecule has 0 aliphatic carbocycles. The molecule has 1 atom stereocenters. The first-order chi connectivity index (χ1) is 15.0. The number of rotatable bonds is 5. The Balaban J connectivity index is 1.67. The fraction of sp³-hybridized carbons (Fsp3) is 0.182. The molecule has 1 aliphatic rings. The Labute approximate surface area is 188 Å². The molecule has 3 aromatic rings. The third-order valence-corrected chi connectivity index (χ3v) is 5.75. The van der Waals surface area contributed by atoms with Gasteiger partial charge in [0.05, 0.1) is 30.1 Å². The Hall–Kier alpha value is -3.16. The van der Waals surface area contributed by atoms with E-state index in [-0.39, 0.29) is 28.5 Å². The van der Waals surface area contributed by atoms with Crippen molar-refractivity contribution < 1.29 is 9.53 Å². The van der Waals surface area contributed by atoms with Gasteiger partial charge in [-0.1, -0.05) is 65.7 Å². The predicted molar refractivity (Wildman–Crippen MR) is 119 cm³/mol. The Kier molecular flexibility index (Phi) is 6.06. The highest BCUT2D eigenvalue weighted by Gasteiger charge is 2.33. The van der Waals surface area contributed by atoms with Crippen LogP contribution in [0.1, 0.15) is 23.6 Å². The fourth-order valence-electron chi connectivity index (χ4n) is 3.39. The number of carbonyl (C=O) groups excluding carboxylic acids is 1. The maximum Gasteiger partial charge on any atom is 0.287 e. The standard InChI is InChI=1S/C22H18Cl2N4O3/c1-31-16-9-7-15(8-10-16)19-11-18(14-5-3-2-4-6-14)26-28(19)20(29)13-27-22(30)21(24)17(23)12-25-27/h2-10,12,19H,11,13H2,1H3. The third-order valence-electron chi connectivity index (χ3n) is 5.00. The molecule has 31 heavy (non-hydrogen) atoms. The van der Waals surface area contributed by atoms with Crippen molar-refractivity contribution in [3.05, 3.63) is 92.3 Å². The van der Waals surface area contributed by atoms with E-state index in [0.717, 1.165) is 27.3 Å². The highest BCUT2D eigenvalue weighted by atomic mass is 35.5. The van der Waals surface area contributed by atoms with Gasteiger partial charge in [-0.3, -0.25) is 9.59 Å². The average molecular weight is 457 g/mol. The minimum absolute atomic E-state index is 0.0389. The number of carbonyl (C=O) groups is 1. The molecule has 0 radical (unpaired) electrons. The normalized spacial score (nSPS) is 15.6. The Morgan fingerprint density at radius 1 is 1.13 bits per heavy atom. The van der Waals surface area contributed by atoms with E-state index in [1.165, 1.54) is 11.2 Å². The van der Waals surface area contributed by atoms with Crippen LogP contribution in [0.4, 0.5) is 0 Å². The van der Waals surface area contributed by atoms with Gasteiger partial charge in [-0.25, -0.2) is 9.69 Å². The zero-order valence-electron chi connectivity index (χ0n) is 16.5. The molecule has 0 saturated heterocycles. The minimum Gasteiger partial charge on any atom is -0.497 e. The second-order valence-corrected chi connectivity index (χ2v) is 7.70. The summed E-state index contributed by atoms with van der Waals surface area (Å²) in [5.41, 5.74) is 1.98. The predicted octanol–water partition coefficient (Wildman–Crippen LogP) is 3.94. The lowest BCUT2D eigenvalue weighted by Gasteiger charge is -2.22. The summed E-state index contributed by atoms with van der Waals surface area (Å²) >= 11 is 11.7. The van der Waals surface area contributed by atoms with Gasteiger partial charge < -0.3 is 4.74 Å². The molecule has 2 aromatic carbocycles. The Morgan fingerprint density at radius 2 is 1.84 bits per heavy atom. The molecule has 158 valence electrons. The molecule has 0 spiro atoms. The average Bonchev–Trinajstić information content (AvgIpc) is 3.26. The number of ether oxygens (including phenoxy) is 1. The summed E-state index contributed by atoms with van der Waals surface area (Å²) in [5.74, 6) is 0.329. The second kappa shape index (κ2) is 8.91. The van der Waals surface area contributed by atoms with Gasteiger partial charge in [0.25, 0.3) is 11.5 Å². The molecular formula is C22H18Cl2N4O3. The van der Waals surface area contributed by atoms with Crippen molar-refractivity contribution in [1.29, 1.82) is 0 Å². The summed E-state index contributed by atoms with van der Waals surface area (Å²) < 4.78 is 6.21. The van der Waals surface area contributed by atoms with Crippen LogP contribution in [0.2, 0.25) is 10.0 Å². The monoisotopic (exact) mass is 456 g/mol. The van der Waals surface area contributed by atoms with E-state index in [4.69, 9.17) is 27.9 Å². The SMILES string of the molecule is COc1ccc(C2CC(c3ccccc3)=NN2C(=O)Cn2ncc(Cl)c(Cl)c2=O)cc1. The van der Waals surface area contributed by atoms with Crippen LogP contribution in [-0.4, -0.2) is 33.5 Å². The molecule has 9 heteroatoms. The summed E-state index contributed by atoms with van der Waals surface area (Å²) in [5, 5.41) is 9.78. The number of aromatic nitrogens is 2. The number of hydrogen-bond acceptors (Lipinski definition) is 5. The third kappa shape index (κ3) is 4.33. The molecule has 1 amide bonds. The second-order valence-electron chi connectivity index (χ2n) is 6.91. The van der Waals surface area contributed by atoms with Crippen LogP contribution in [0.3, 0.4) is 0 Å². The molecule has 2 heterocycles. The summed E-state index contributed by atoms with van der Waals surface area (Å²) in [6.07, 6.45) is 1.77. The van der Waals surface area contributed by atoms with Gasteiger partial charge in [0, 0.05) is 6.42 Å². The van der Waals surface area contributed by atoms with E-state index in [1.807, 2.05) is 54.6 Å². The van der Waals surface area contributed by atoms with E-state index in [1.54, 1.807) is 7.11 Å². The van der Waals surface area contributed by atoms with Crippen LogP contribution >= 0.6 is 23.2 Å². The molecule has 0 saturated carbocycles. The van der Waals surface area contributed by atoms with Gasteiger partial charge in [-0.15, -0.1) is 0 Å². The molecule has 1 aliphatic heterocycles. The fourth-order valence-corrected chi connectivity index (χ4v) is 3.66. The maximum atomic E-state index is 13.2. The van der Waals surface area contributed by atoms with Crippen LogP contribution < -0.4 is 10.3 Å². The number of benzene rings is 2. The van der Waals surface area contributed by atoms with Gasteiger partial charge in [0.2, 0.25) is 0 Å². The largest absolute Gasteiger partial charge is 0.497 e. The van der Waals surface area contributed by atoms with Crippen LogP contribution in [0.5, 0.6) is 5.75 Å². The van der Waals surface area contributed by atoms with Crippen molar-refractivity contribution in [2.75, 3.05) is 7.11 Å². The van der Waals surface area contributed by atoms with Crippen molar-refractivity contribution in [2.45, 2.75) is 19.0 Å². The highest BCUT2D eigenvalue weighted by Crippen LogP contribution is 2.33. The highest BCUT2D eigenvalue weighted by molar-refractivity contribution is 6.41. The number of hydrogen-bond donors (Lipinski definition) is 0. The summed E-state index contributed by atoms with van der Waals surface area (Å²) in [6, 6.07) is 16.8. The van der Waals surface area contributed by atoms with Gasteiger partial charge in [0.1, 0.15) is 17.3 Å². The number of nitrogens with zero attached hydrogens (tertiary/aromatic N) is 4. The first-order valence-electron chi connectivity index (χ1n) is 9.48. The van der Waals surface area contributed by atoms with Gasteiger partial charge in [0.15, 0.2) is 0 Å². The van der Waals surface area contributed by atoms with E-state index in [0.29, 0.717) is 6.42 Å². The quantitative estimate of drug-likeness (QED) is 0.582. The van der Waals surface area contributed by atoms with Gasteiger partial charge in [-0.2, -0.15) is 10.2 Å². The molecule has 1 aromatic heterocycles. The molecule has 1 unspecified atom stereocenters. The van der Waals surface area contributed by atoms with E-state index >= 15 is 0 Å². The first-order valence-corrected chi connectivity index (χ1v) is 10.2. The molecule has 4 rings (SSSR count). The van der Waals surface area contributed by atoms with Crippen LogP contribution in [0.15, 0.2) is 70.7 Å². The maximum absolute atomic E-state index is 13.2. The van der Waals surface area contributed by atoms with Crippen molar-refractivity contribution in [1.82, 2.24) is 14.8 Å². The minimum atomic E-state index is -0.630. The van der Waals surface area contributed by atoms with Crippen molar-refractivity contribution in [3.8, 4) is 5.75 Å². The molecular weight excluding hydrogens is 439 g/mol. The van der Waals surface area contributed by atoms with E-state index in [9.17, 15) is 9.59 Å². The topological polar surface area (TPSA) is 76.8 Å². The van der Waals surface area contributed by atoms with E-state index < -0.39 is 5.56 Å². The molecule has 0 N–H and O–H groups in total. The Bertz CT molecular complexity index is 1190. The summed E-state index contributed by atoms with van der Waals surface area (Å²) in [4.78, 5) is 25.5. The lowest BCUT2D eigenvalue weighted by Crippen LogP contribution is -2.35. The molecule has 0 fully saturated rings. The van der Waals surface area contributed by atoms with Gasteiger partial charge in [-0.05, 0) is 23.3 Å². The first kappa shape index (κ1) is 21.1. The van der Waals surface area contributed by atoms with Crippen molar-refractivity contribution in [3.63, 3.8) is 0 Å². The van der Waals surface area contributed by atoms with Crippen molar-refractivity contribution in [2.24, 2.45) is 5.10 Å². The number of amides is 1. The van der Waals surface area contributed by atoms with E-state index in [2.05, 4.69) is 10.2 Å². The van der Waals surface area contributed by atoms with Gasteiger partial charge >= 0.3 is 0 Å². The number of methoxy groups -OCH3 is 1. The number of hydrazone groups is 1. The summed E-state index contributed by atoms with van der Waals surface area (Å²) in [7, 11) is 1.60. The zero-order chi connectivity index (χ0) is 22.0. The smallest absolute Gasteiger partial charge is 0.287 e.